The molecule has 0 spiro atoms. The Morgan fingerprint density at radius 2 is 2.29 bits per heavy atom. The van der Waals surface area contributed by atoms with Crippen molar-refractivity contribution in [2.75, 3.05) is 6.54 Å². The van der Waals surface area contributed by atoms with Crippen LogP contribution in [-0.4, -0.2) is 21.3 Å². The van der Waals surface area contributed by atoms with Crippen LogP contribution in [0.25, 0.3) is 11.0 Å². The predicted molar refractivity (Wildman–Crippen MR) is 56.0 cm³/mol. The first kappa shape index (κ1) is 9.15. The fraction of sp³-hybridized carbons (Fsp3) is 0.400. The van der Waals surface area contributed by atoms with Gasteiger partial charge in [0.05, 0.1) is 5.69 Å². The molecule has 14 heavy (non-hydrogen) atoms. The lowest BCUT2D eigenvalue weighted by Crippen LogP contribution is -2.03. The molecule has 0 atom stereocenters. The van der Waals surface area contributed by atoms with E-state index >= 15 is 0 Å². The fourth-order valence-electron chi connectivity index (χ4n) is 1.65. The van der Waals surface area contributed by atoms with Crippen LogP contribution in [0.2, 0.25) is 0 Å². The second kappa shape index (κ2) is 3.38. The van der Waals surface area contributed by atoms with Gasteiger partial charge >= 0.3 is 0 Å². The van der Waals surface area contributed by atoms with E-state index in [1.807, 2.05) is 20.2 Å². The summed E-state index contributed by atoms with van der Waals surface area (Å²) in [6.45, 7) is 2.66. The van der Waals surface area contributed by atoms with Crippen molar-refractivity contribution < 1.29 is 0 Å². The van der Waals surface area contributed by atoms with Gasteiger partial charge in [-0.1, -0.05) is 0 Å². The second-order valence-electron chi connectivity index (χ2n) is 3.46. The van der Waals surface area contributed by atoms with Crippen molar-refractivity contribution in [3.05, 3.63) is 23.5 Å². The predicted octanol–water partition coefficient (Wildman–Crippen LogP) is 0.778. The molecular weight excluding hydrogens is 176 g/mol. The second-order valence-corrected chi connectivity index (χ2v) is 3.46. The maximum Gasteiger partial charge on any atom is 0.157 e. The molecule has 0 bridgehead atoms. The monoisotopic (exact) mass is 190 g/mol. The smallest absolute Gasteiger partial charge is 0.157 e. The topological polar surface area (TPSA) is 56.7 Å². The van der Waals surface area contributed by atoms with E-state index in [2.05, 4.69) is 16.1 Å². The highest BCUT2D eigenvalue weighted by Gasteiger charge is 2.06. The number of nitrogens with zero attached hydrogens (tertiary/aromatic N) is 3. The molecule has 0 saturated heterocycles. The van der Waals surface area contributed by atoms with Crippen molar-refractivity contribution in [2.45, 2.75) is 13.3 Å². The number of aromatic nitrogens is 3. The zero-order valence-corrected chi connectivity index (χ0v) is 8.49. The van der Waals surface area contributed by atoms with E-state index in [0.29, 0.717) is 6.54 Å². The summed E-state index contributed by atoms with van der Waals surface area (Å²) in [4.78, 5) is 4.37. The first-order chi connectivity index (χ1) is 6.72. The summed E-state index contributed by atoms with van der Waals surface area (Å²) in [6.07, 6.45) is 2.74. The normalized spacial score (nSPS) is 11.1. The maximum absolute atomic E-state index is 5.50. The van der Waals surface area contributed by atoms with Crippen molar-refractivity contribution in [3.63, 3.8) is 0 Å². The van der Waals surface area contributed by atoms with E-state index in [9.17, 15) is 0 Å². The van der Waals surface area contributed by atoms with Crippen molar-refractivity contribution in [2.24, 2.45) is 12.8 Å². The lowest BCUT2D eigenvalue weighted by Gasteiger charge is -1.98. The number of pyridine rings is 1. The summed E-state index contributed by atoms with van der Waals surface area (Å²) >= 11 is 0. The highest BCUT2D eigenvalue weighted by molar-refractivity contribution is 5.78. The average molecular weight is 190 g/mol. The standard InChI is InChI=1S/C10H14N4/c1-7-9-5-8(3-4-11)6-12-10(9)14(2)13-7/h5-6H,3-4,11H2,1-2H3. The Morgan fingerprint density at radius 3 is 3.00 bits per heavy atom. The van der Waals surface area contributed by atoms with Gasteiger partial charge in [-0.2, -0.15) is 5.10 Å². The number of aryl methyl sites for hydroxylation is 2. The number of nitrogens with two attached hydrogens (primary N) is 1. The van der Waals surface area contributed by atoms with Gasteiger partial charge in [0.2, 0.25) is 0 Å². The minimum absolute atomic E-state index is 0.659. The molecule has 0 aromatic carbocycles. The largest absolute Gasteiger partial charge is 0.330 e. The van der Waals surface area contributed by atoms with Gasteiger partial charge in [-0.05, 0) is 31.5 Å². The van der Waals surface area contributed by atoms with E-state index in [0.717, 1.165) is 23.1 Å². The molecule has 2 N–H and O–H groups in total. The Morgan fingerprint density at radius 1 is 1.50 bits per heavy atom. The van der Waals surface area contributed by atoms with E-state index in [-0.39, 0.29) is 0 Å². The van der Waals surface area contributed by atoms with Gasteiger partial charge in [0.25, 0.3) is 0 Å². The van der Waals surface area contributed by atoms with Gasteiger partial charge in [-0.25, -0.2) is 4.98 Å². The Labute approximate surface area is 82.7 Å². The number of hydrogen-bond acceptors (Lipinski definition) is 3. The molecule has 0 fully saturated rings. The van der Waals surface area contributed by atoms with Gasteiger partial charge in [-0.3, -0.25) is 4.68 Å². The molecule has 0 aliphatic heterocycles. The minimum Gasteiger partial charge on any atom is -0.330 e. The lowest BCUT2D eigenvalue weighted by molar-refractivity contribution is 0.773. The van der Waals surface area contributed by atoms with Crippen molar-refractivity contribution in [1.29, 1.82) is 0 Å². The molecule has 74 valence electrons. The molecule has 2 aromatic rings. The number of fused-ring (bicyclic) bond motifs is 1. The average Bonchev–Trinajstić information content (AvgIpc) is 2.43. The summed E-state index contributed by atoms with van der Waals surface area (Å²) < 4.78 is 1.80. The molecule has 0 unspecified atom stereocenters. The Hall–Kier alpha value is -1.42. The summed E-state index contributed by atoms with van der Waals surface area (Å²) in [5.41, 5.74) is 8.63. The molecule has 4 nitrogen and oxygen atoms in total. The van der Waals surface area contributed by atoms with Crippen LogP contribution in [0.15, 0.2) is 12.3 Å². The summed E-state index contributed by atoms with van der Waals surface area (Å²) in [5.74, 6) is 0. The van der Waals surface area contributed by atoms with Crippen LogP contribution in [0.1, 0.15) is 11.3 Å². The molecule has 4 heteroatoms. The van der Waals surface area contributed by atoms with Crippen LogP contribution in [-0.2, 0) is 13.5 Å². The van der Waals surface area contributed by atoms with E-state index in [1.165, 1.54) is 5.56 Å². The summed E-state index contributed by atoms with van der Waals surface area (Å²) in [5, 5.41) is 5.44. The molecule has 0 radical (unpaired) electrons. The molecule has 0 saturated carbocycles. The van der Waals surface area contributed by atoms with Gasteiger partial charge in [0, 0.05) is 18.6 Å². The van der Waals surface area contributed by atoms with E-state index in [4.69, 9.17) is 5.73 Å². The van der Waals surface area contributed by atoms with Crippen LogP contribution in [0, 0.1) is 6.92 Å². The molecule has 0 amide bonds. The Balaban J connectivity index is 2.59. The van der Waals surface area contributed by atoms with Crippen LogP contribution in [0.5, 0.6) is 0 Å². The fourth-order valence-corrected chi connectivity index (χ4v) is 1.65. The van der Waals surface area contributed by atoms with Gasteiger partial charge in [0.15, 0.2) is 5.65 Å². The first-order valence-corrected chi connectivity index (χ1v) is 4.70. The van der Waals surface area contributed by atoms with Gasteiger partial charge < -0.3 is 5.73 Å². The molecule has 2 heterocycles. The Bertz CT molecular complexity index is 458. The van der Waals surface area contributed by atoms with E-state index < -0.39 is 0 Å². The first-order valence-electron chi connectivity index (χ1n) is 4.70. The van der Waals surface area contributed by atoms with Crippen molar-refractivity contribution in [1.82, 2.24) is 14.8 Å². The Kier molecular flexibility index (Phi) is 2.21. The quantitative estimate of drug-likeness (QED) is 0.761. The minimum atomic E-state index is 0.659. The van der Waals surface area contributed by atoms with Crippen LogP contribution in [0.3, 0.4) is 0 Å². The lowest BCUT2D eigenvalue weighted by atomic mass is 10.1. The summed E-state index contributed by atoms with van der Waals surface area (Å²) in [6, 6.07) is 2.12. The zero-order chi connectivity index (χ0) is 10.1. The number of rotatable bonds is 2. The third-order valence-electron chi connectivity index (χ3n) is 2.35. The van der Waals surface area contributed by atoms with Crippen molar-refractivity contribution in [3.8, 4) is 0 Å². The van der Waals surface area contributed by atoms with Crippen LogP contribution in [0.4, 0.5) is 0 Å². The molecule has 2 rings (SSSR count). The molecular formula is C10H14N4. The van der Waals surface area contributed by atoms with Crippen LogP contribution >= 0.6 is 0 Å². The van der Waals surface area contributed by atoms with Crippen LogP contribution < -0.4 is 5.73 Å². The zero-order valence-electron chi connectivity index (χ0n) is 8.49. The molecule has 0 aliphatic carbocycles. The molecule has 2 aromatic heterocycles. The summed E-state index contributed by atoms with van der Waals surface area (Å²) in [7, 11) is 1.91. The third-order valence-corrected chi connectivity index (χ3v) is 2.35. The SMILES string of the molecule is Cc1nn(C)c2ncc(CCN)cc12. The van der Waals surface area contributed by atoms with Gasteiger partial charge in [-0.15, -0.1) is 0 Å². The number of hydrogen-bond donors (Lipinski definition) is 1. The molecule has 0 aliphatic rings. The van der Waals surface area contributed by atoms with E-state index in [1.54, 1.807) is 4.68 Å². The highest BCUT2D eigenvalue weighted by Crippen LogP contribution is 2.16. The third kappa shape index (κ3) is 1.37. The highest BCUT2D eigenvalue weighted by atomic mass is 15.3. The maximum atomic E-state index is 5.50. The van der Waals surface area contributed by atoms with Gasteiger partial charge in [0.1, 0.15) is 0 Å². The van der Waals surface area contributed by atoms with Crippen molar-refractivity contribution >= 4 is 11.0 Å².